The Morgan fingerprint density at radius 3 is 1.56 bits per heavy atom. The van der Waals surface area contributed by atoms with E-state index in [0.29, 0.717) is 5.92 Å². The van der Waals surface area contributed by atoms with E-state index in [4.69, 9.17) is 0 Å². The van der Waals surface area contributed by atoms with Gasteiger partial charge >= 0.3 is 0 Å². The highest BCUT2D eigenvalue weighted by molar-refractivity contribution is 5.65. The van der Waals surface area contributed by atoms with E-state index in [9.17, 15) is 0 Å². The van der Waals surface area contributed by atoms with Gasteiger partial charge in [0.05, 0.1) is 0 Å². The second kappa shape index (κ2) is 21.1. The predicted octanol–water partition coefficient (Wildman–Crippen LogP) is 14.6. The first-order valence-electron chi connectivity index (χ1n) is 19.1. The van der Waals surface area contributed by atoms with Crippen molar-refractivity contribution >= 4 is 5.57 Å². The fourth-order valence-corrected chi connectivity index (χ4v) is 7.53. The van der Waals surface area contributed by atoms with Crippen LogP contribution < -0.4 is 0 Å². The average Bonchev–Trinajstić information content (AvgIpc) is 3.21. The first kappa shape index (κ1) is 35.4. The Morgan fingerprint density at radius 1 is 0.417 bits per heavy atom. The minimum absolute atomic E-state index is 0. The van der Waals surface area contributed by atoms with Gasteiger partial charge in [0.2, 0.25) is 0 Å². The van der Waals surface area contributed by atoms with E-state index in [2.05, 4.69) is 152 Å². The van der Waals surface area contributed by atoms with Crippen LogP contribution in [0.25, 0.3) is 5.57 Å². The van der Waals surface area contributed by atoms with Crippen LogP contribution in [0.4, 0.5) is 0 Å². The monoisotopic (exact) mass is 636 g/mol. The molecule has 48 heavy (non-hydrogen) atoms. The van der Waals surface area contributed by atoms with Crippen molar-refractivity contribution < 1.29 is 1.43 Å². The highest BCUT2D eigenvalue weighted by Gasteiger charge is 2.14. The molecule has 4 aliphatic carbocycles. The third-order valence-electron chi connectivity index (χ3n) is 10.3. The molecule has 4 aliphatic rings. The maximum absolute atomic E-state index is 2.39. The van der Waals surface area contributed by atoms with Crippen molar-refractivity contribution in [1.82, 2.24) is 0 Å². The van der Waals surface area contributed by atoms with Crippen LogP contribution in [0.2, 0.25) is 0 Å². The van der Waals surface area contributed by atoms with Crippen LogP contribution in [0, 0.1) is 0 Å². The molecule has 0 aliphatic heterocycles. The van der Waals surface area contributed by atoms with Gasteiger partial charge in [-0.3, -0.25) is 0 Å². The van der Waals surface area contributed by atoms with Crippen molar-refractivity contribution in [2.75, 3.05) is 0 Å². The molecule has 0 heterocycles. The summed E-state index contributed by atoms with van der Waals surface area (Å²) in [6, 6.07) is 43.3. The lowest BCUT2D eigenvalue weighted by Gasteiger charge is -2.21. The van der Waals surface area contributed by atoms with Crippen molar-refractivity contribution in [3.8, 4) is 0 Å². The predicted molar refractivity (Wildman–Crippen MR) is 212 cm³/mol. The summed E-state index contributed by atoms with van der Waals surface area (Å²) >= 11 is 0. The number of hydrogen-bond donors (Lipinski definition) is 0. The molecule has 0 heteroatoms. The zero-order valence-electron chi connectivity index (χ0n) is 29.3. The Balaban J connectivity index is 0.000000146. The molecule has 2 atom stereocenters. The first-order valence-corrected chi connectivity index (χ1v) is 19.1. The topological polar surface area (TPSA) is 0 Å². The van der Waals surface area contributed by atoms with Crippen molar-refractivity contribution in [1.29, 1.82) is 0 Å². The van der Waals surface area contributed by atoms with Gasteiger partial charge in [0, 0.05) is 7.34 Å². The molecule has 0 radical (unpaired) electrons. The minimum Gasteiger partial charge on any atom is -0.0885 e. The first-order chi connectivity index (χ1) is 23.9. The molecule has 0 spiro atoms. The van der Waals surface area contributed by atoms with E-state index >= 15 is 0 Å². The molecule has 4 aromatic carbocycles. The van der Waals surface area contributed by atoms with Crippen molar-refractivity contribution in [3.63, 3.8) is 0 Å². The molecule has 1 fully saturated rings. The molecule has 4 aromatic rings. The Hall–Kier alpha value is -3.90. The number of rotatable bonds is 4. The van der Waals surface area contributed by atoms with Gasteiger partial charge in [0.15, 0.2) is 0 Å². The Labute approximate surface area is 294 Å². The van der Waals surface area contributed by atoms with Gasteiger partial charge in [-0.1, -0.05) is 171 Å². The van der Waals surface area contributed by atoms with E-state index in [1.807, 2.05) is 0 Å². The van der Waals surface area contributed by atoms with Gasteiger partial charge in [0.1, 0.15) is 0 Å². The molecule has 2 unspecified atom stereocenters. The highest BCUT2D eigenvalue weighted by Crippen LogP contribution is 2.32. The number of allylic oxidation sites excluding steroid dienone is 6. The molecule has 8 rings (SSSR count). The number of benzene rings is 4. The van der Waals surface area contributed by atoms with Crippen molar-refractivity contribution in [2.24, 2.45) is 0 Å². The maximum atomic E-state index is 2.39. The van der Waals surface area contributed by atoms with E-state index < -0.39 is 0 Å². The van der Waals surface area contributed by atoms with Crippen LogP contribution in [0.15, 0.2) is 152 Å². The summed E-state index contributed by atoms with van der Waals surface area (Å²) in [7, 11) is 0. The molecule has 0 aromatic heterocycles. The summed E-state index contributed by atoms with van der Waals surface area (Å²) in [6.45, 7) is 0. The molecule has 1 saturated carbocycles. The maximum Gasteiger partial charge on any atom is 0.00180 e. The lowest BCUT2D eigenvalue weighted by molar-refractivity contribution is 0.443. The molecule has 0 saturated heterocycles. The minimum atomic E-state index is 0. The van der Waals surface area contributed by atoms with Crippen LogP contribution >= 0.6 is 0 Å². The van der Waals surface area contributed by atoms with E-state index in [0.717, 1.165) is 11.8 Å². The van der Waals surface area contributed by atoms with Gasteiger partial charge in [-0.05, 0) is 117 Å². The number of hydrogen-bond acceptors (Lipinski definition) is 0. The smallest absolute Gasteiger partial charge is 0.00180 e. The van der Waals surface area contributed by atoms with Crippen LogP contribution in [0.1, 0.15) is 138 Å². The molecule has 0 amide bonds. The zero-order chi connectivity index (χ0) is 32.9. The summed E-state index contributed by atoms with van der Waals surface area (Å²) in [5.74, 6) is 2.32. The summed E-state index contributed by atoms with van der Waals surface area (Å²) in [5, 5.41) is 0. The molecule has 252 valence electrons. The fraction of sp³-hybridized carbons (Fsp3) is 0.375. The standard InChI is InChI=1S/C12H16.3C12H14.H2/c4*1-3-7-11(8-4-1)12-9-5-2-6-10-12;/h1,3-4,7-8,12H,2,5-6,9-10H2;1,3-4,7-9H,2,5-6,10H2;1,3-5,7-9,12H,2,6,10H2;1-5,7-8,12H,6,9-10H2;1H. The SMILES string of the molecule is C1=C(c2ccccc2)CCCC1.C1=CC(c2ccccc2)CCC1.C1=CCC(c2ccccc2)CC1.[HH].c1ccc(C2CCCCC2)cc1. The second-order valence-electron chi connectivity index (χ2n) is 13.9. The molecular formula is C48H60. The molecular weight excluding hydrogens is 577 g/mol. The van der Waals surface area contributed by atoms with Crippen LogP contribution in [0.5, 0.6) is 0 Å². The molecule has 0 N–H and O–H groups in total. The third-order valence-corrected chi connectivity index (χ3v) is 10.3. The van der Waals surface area contributed by atoms with Gasteiger partial charge in [-0.25, -0.2) is 0 Å². The quantitative estimate of drug-likeness (QED) is 0.196. The summed E-state index contributed by atoms with van der Waals surface area (Å²) in [5.41, 5.74) is 7.48. The summed E-state index contributed by atoms with van der Waals surface area (Å²) in [4.78, 5) is 0. The van der Waals surface area contributed by atoms with Crippen molar-refractivity contribution in [2.45, 2.75) is 114 Å². The normalized spacial score (nSPS) is 20.4. The lowest BCUT2D eigenvalue weighted by atomic mass is 9.84. The zero-order valence-corrected chi connectivity index (χ0v) is 29.3. The Bertz CT molecular complexity index is 1480. The van der Waals surface area contributed by atoms with E-state index in [1.165, 1.54) is 113 Å². The fourth-order valence-electron chi connectivity index (χ4n) is 7.53. The van der Waals surface area contributed by atoms with Crippen LogP contribution in [-0.2, 0) is 0 Å². The Kier molecular flexibility index (Phi) is 15.6. The highest BCUT2D eigenvalue weighted by atomic mass is 14.2. The van der Waals surface area contributed by atoms with Gasteiger partial charge < -0.3 is 0 Å². The lowest BCUT2D eigenvalue weighted by Crippen LogP contribution is -2.03. The summed E-state index contributed by atoms with van der Waals surface area (Å²) in [6.07, 6.45) is 31.8. The molecule has 0 nitrogen and oxygen atoms in total. The average molecular weight is 637 g/mol. The third kappa shape index (κ3) is 12.3. The van der Waals surface area contributed by atoms with Gasteiger partial charge in [0.25, 0.3) is 0 Å². The van der Waals surface area contributed by atoms with Crippen LogP contribution in [-0.4, -0.2) is 0 Å². The van der Waals surface area contributed by atoms with Crippen molar-refractivity contribution in [3.05, 3.63) is 174 Å². The van der Waals surface area contributed by atoms with Crippen LogP contribution in [0.3, 0.4) is 0 Å². The summed E-state index contributed by atoms with van der Waals surface area (Å²) < 4.78 is 0. The van der Waals surface area contributed by atoms with Gasteiger partial charge in [-0.15, -0.1) is 0 Å². The Morgan fingerprint density at radius 2 is 1.02 bits per heavy atom. The van der Waals surface area contributed by atoms with Gasteiger partial charge in [-0.2, -0.15) is 0 Å². The van der Waals surface area contributed by atoms with E-state index in [-0.39, 0.29) is 1.43 Å². The molecule has 0 bridgehead atoms. The van der Waals surface area contributed by atoms with E-state index in [1.54, 1.807) is 11.1 Å². The second-order valence-corrected chi connectivity index (χ2v) is 13.9. The largest absolute Gasteiger partial charge is 0.0885 e.